The Balaban J connectivity index is 1.44. The molecule has 0 aliphatic heterocycles. The minimum absolute atomic E-state index is 0.199. The molecule has 1 N–H and O–H groups in total. The van der Waals surface area contributed by atoms with Gasteiger partial charge in [0.15, 0.2) is 0 Å². The Morgan fingerprint density at radius 2 is 1.54 bits per heavy atom. The zero-order valence-electron chi connectivity index (χ0n) is 21.2. The van der Waals surface area contributed by atoms with Gasteiger partial charge in [-0.1, -0.05) is 83.9 Å². The Morgan fingerprint density at radius 1 is 0.829 bits per heavy atom. The molecule has 206 valence electrons. The van der Waals surface area contributed by atoms with E-state index in [4.69, 9.17) is 28.2 Å². The van der Waals surface area contributed by atoms with Gasteiger partial charge in [0.25, 0.3) is 0 Å². The fourth-order valence-electron chi connectivity index (χ4n) is 4.27. The molecule has 0 unspecified atom stereocenters. The van der Waals surface area contributed by atoms with Gasteiger partial charge in [-0.25, -0.2) is 9.78 Å². The molecule has 4 nitrogen and oxygen atoms in total. The lowest BCUT2D eigenvalue weighted by molar-refractivity contribution is -0.137. The number of nitrogens with zero attached hydrogens (tertiary/aromatic N) is 2. The molecule has 0 spiro atoms. The summed E-state index contributed by atoms with van der Waals surface area (Å²) in [7, 11) is 0. The van der Waals surface area contributed by atoms with Crippen LogP contribution in [0.1, 0.15) is 32.9 Å². The first kappa shape index (κ1) is 28.2. The summed E-state index contributed by atoms with van der Waals surface area (Å²) in [5, 5.41) is 10.0. The van der Waals surface area contributed by atoms with Crippen molar-refractivity contribution >= 4 is 41.3 Å². The lowest BCUT2D eigenvalue weighted by atomic mass is 10.0. The standard InChI is InChI=1S/C32H21Cl2F3N2O2/c33-27-14-13-25(17-28(27)34)29-19-39(18-21-6-11-23(12-7-21)31(40)41)30(38-29)15-8-20-4-9-22(10-5-20)24-2-1-3-26(16-24)32(35,36)37/h1-17,19H,18H2,(H,40,41). The molecule has 0 radical (unpaired) electrons. The second-order valence-electron chi connectivity index (χ2n) is 9.28. The number of hydrogen-bond acceptors (Lipinski definition) is 2. The quantitative estimate of drug-likeness (QED) is 0.205. The van der Waals surface area contributed by atoms with E-state index in [1.165, 1.54) is 6.07 Å². The molecule has 0 bridgehead atoms. The lowest BCUT2D eigenvalue weighted by Gasteiger charge is -2.09. The van der Waals surface area contributed by atoms with Crippen molar-refractivity contribution in [2.75, 3.05) is 0 Å². The molecule has 0 aliphatic rings. The Hall–Kier alpha value is -4.33. The van der Waals surface area contributed by atoms with E-state index >= 15 is 0 Å². The van der Waals surface area contributed by atoms with Crippen LogP contribution in [0.25, 0.3) is 34.5 Å². The van der Waals surface area contributed by atoms with Crippen LogP contribution in [-0.2, 0) is 12.7 Å². The van der Waals surface area contributed by atoms with E-state index in [2.05, 4.69) is 0 Å². The summed E-state index contributed by atoms with van der Waals surface area (Å²) in [6.07, 6.45) is 1.17. The lowest BCUT2D eigenvalue weighted by Crippen LogP contribution is -2.04. The zero-order chi connectivity index (χ0) is 29.1. The van der Waals surface area contributed by atoms with Crippen molar-refractivity contribution in [3.05, 3.63) is 135 Å². The number of benzene rings is 4. The van der Waals surface area contributed by atoms with Crippen molar-refractivity contribution in [3.8, 4) is 22.4 Å². The van der Waals surface area contributed by atoms with Gasteiger partial charge >= 0.3 is 12.1 Å². The third-order valence-electron chi connectivity index (χ3n) is 6.44. The maximum Gasteiger partial charge on any atom is 0.416 e. The van der Waals surface area contributed by atoms with E-state index in [0.29, 0.717) is 39.2 Å². The molecule has 0 aliphatic carbocycles. The molecule has 0 fully saturated rings. The van der Waals surface area contributed by atoms with E-state index in [1.54, 1.807) is 54.6 Å². The molecule has 5 rings (SSSR count). The summed E-state index contributed by atoms with van der Waals surface area (Å²) in [6.45, 7) is 0.433. The van der Waals surface area contributed by atoms with Crippen molar-refractivity contribution in [2.45, 2.75) is 12.7 Å². The molecule has 1 aromatic heterocycles. The minimum atomic E-state index is -4.41. The van der Waals surface area contributed by atoms with Crippen LogP contribution in [0.4, 0.5) is 13.2 Å². The van der Waals surface area contributed by atoms with Crippen LogP contribution in [0.2, 0.25) is 10.0 Å². The number of imidazole rings is 1. The molecule has 5 aromatic rings. The van der Waals surface area contributed by atoms with Crippen LogP contribution >= 0.6 is 23.2 Å². The number of hydrogen-bond donors (Lipinski definition) is 1. The minimum Gasteiger partial charge on any atom is -0.478 e. The van der Waals surface area contributed by atoms with Crippen molar-refractivity contribution in [1.29, 1.82) is 0 Å². The van der Waals surface area contributed by atoms with E-state index < -0.39 is 17.7 Å². The Kier molecular flexibility index (Phi) is 8.01. The number of aromatic carboxylic acids is 1. The van der Waals surface area contributed by atoms with Crippen molar-refractivity contribution < 1.29 is 23.1 Å². The highest BCUT2D eigenvalue weighted by Gasteiger charge is 2.30. The average molecular weight is 593 g/mol. The van der Waals surface area contributed by atoms with Gasteiger partial charge in [0, 0.05) is 18.3 Å². The average Bonchev–Trinajstić information content (AvgIpc) is 3.36. The predicted octanol–water partition coefficient (Wildman–Crippen LogP) is 9.46. The summed E-state index contributed by atoms with van der Waals surface area (Å²) >= 11 is 12.3. The number of alkyl halides is 3. The predicted molar refractivity (Wildman–Crippen MR) is 156 cm³/mol. The molecule has 4 aromatic carbocycles. The van der Waals surface area contributed by atoms with Crippen molar-refractivity contribution in [3.63, 3.8) is 0 Å². The number of carboxylic acids is 1. The van der Waals surface area contributed by atoms with Crippen LogP contribution in [0, 0.1) is 0 Å². The Bertz CT molecular complexity index is 1740. The first-order chi connectivity index (χ1) is 19.6. The summed E-state index contributed by atoms with van der Waals surface area (Å²) in [6, 6.07) is 24.3. The normalized spacial score (nSPS) is 11.7. The molecular weight excluding hydrogens is 572 g/mol. The van der Waals surface area contributed by atoms with E-state index in [9.17, 15) is 23.1 Å². The largest absolute Gasteiger partial charge is 0.478 e. The number of carbonyl (C=O) groups is 1. The highest BCUT2D eigenvalue weighted by Crippen LogP contribution is 2.32. The summed E-state index contributed by atoms with van der Waals surface area (Å²) < 4.78 is 41.3. The molecule has 0 amide bonds. The second-order valence-corrected chi connectivity index (χ2v) is 10.1. The van der Waals surface area contributed by atoms with Gasteiger partial charge in [-0.2, -0.15) is 13.2 Å². The van der Waals surface area contributed by atoms with Crippen LogP contribution in [0.3, 0.4) is 0 Å². The highest BCUT2D eigenvalue weighted by atomic mass is 35.5. The smallest absolute Gasteiger partial charge is 0.416 e. The third-order valence-corrected chi connectivity index (χ3v) is 7.17. The van der Waals surface area contributed by atoms with Gasteiger partial charge in [-0.15, -0.1) is 0 Å². The summed E-state index contributed by atoms with van der Waals surface area (Å²) in [5.41, 5.74) is 3.81. The fourth-order valence-corrected chi connectivity index (χ4v) is 4.56. The first-order valence-corrected chi connectivity index (χ1v) is 13.1. The maximum atomic E-state index is 13.1. The van der Waals surface area contributed by atoms with Crippen LogP contribution in [0.15, 0.2) is 97.2 Å². The molecule has 0 saturated heterocycles. The van der Waals surface area contributed by atoms with Gasteiger partial charge in [0.2, 0.25) is 0 Å². The zero-order valence-corrected chi connectivity index (χ0v) is 22.8. The molecule has 9 heteroatoms. The van der Waals surface area contributed by atoms with Crippen LogP contribution < -0.4 is 0 Å². The second kappa shape index (κ2) is 11.6. The summed E-state index contributed by atoms with van der Waals surface area (Å²) in [4.78, 5) is 16.0. The van der Waals surface area contributed by atoms with Crippen LogP contribution in [-0.4, -0.2) is 20.6 Å². The number of halogens is 5. The molecule has 0 atom stereocenters. The van der Waals surface area contributed by atoms with E-state index in [1.807, 2.05) is 41.1 Å². The number of carboxylic acid groups (broad SMARTS) is 1. The fraction of sp³-hybridized carbons (Fsp3) is 0.0625. The van der Waals surface area contributed by atoms with E-state index in [-0.39, 0.29) is 5.56 Å². The van der Waals surface area contributed by atoms with Crippen molar-refractivity contribution in [1.82, 2.24) is 9.55 Å². The number of aromatic nitrogens is 2. The highest BCUT2D eigenvalue weighted by molar-refractivity contribution is 6.42. The molecular formula is C32H21Cl2F3N2O2. The van der Waals surface area contributed by atoms with E-state index in [0.717, 1.165) is 28.8 Å². The Morgan fingerprint density at radius 3 is 2.20 bits per heavy atom. The molecule has 41 heavy (non-hydrogen) atoms. The molecule has 0 saturated carbocycles. The Labute approximate surface area is 243 Å². The topological polar surface area (TPSA) is 55.1 Å². The van der Waals surface area contributed by atoms with Gasteiger partial charge in [-0.3, -0.25) is 0 Å². The monoisotopic (exact) mass is 592 g/mol. The summed E-state index contributed by atoms with van der Waals surface area (Å²) in [5.74, 6) is -0.362. The van der Waals surface area contributed by atoms with Gasteiger partial charge in [-0.05, 0) is 64.7 Å². The van der Waals surface area contributed by atoms with Gasteiger partial charge < -0.3 is 9.67 Å². The van der Waals surface area contributed by atoms with Gasteiger partial charge in [0.1, 0.15) is 5.82 Å². The number of rotatable bonds is 7. The van der Waals surface area contributed by atoms with Crippen LogP contribution in [0.5, 0.6) is 0 Å². The molecule has 1 heterocycles. The van der Waals surface area contributed by atoms with Gasteiger partial charge in [0.05, 0.1) is 26.9 Å². The first-order valence-electron chi connectivity index (χ1n) is 12.4. The maximum absolute atomic E-state index is 13.1. The van der Waals surface area contributed by atoms with Crippen molar-refractivity contribution in [2.24, 2.45) is 0 Å². The third kappa shape index (κ3) is 6.70. The SMILES string of the molecule is O=C(O)c1ccc(Cn2cc(-c3ccc(Cl)c(Cl)c3)nc2C=Cc2ccc(-c3cccc(C(F)(F)F)c3)cc2)cc1.